The monoisotopic (exact) mass is 503 g/mol. The molecule has 4 aromatic rings. The summed E-state index contributed by atoms with van der Waals surface area (Å²) < 4.78 is 7.49. The predicted molar refractivity (Wildman–Crippen MR) is 132 cm³/mol. The van der Waals surface area contributed by atoms with Crippen LogP contribution in [0.5, 0.6) is 5.75 Å². The van der Waals surface area contributed by atoms with E-state index in [-0.39, 0.29) is 13.0 Å². The zero-order valence-corrected chi connectivity index (χ0v) is 19.5. The second-order valence-corrected chi connectivity index (χ2v) is 8.82. The van der Waals surface area contributed by atoms with E-state index in [2.05, 4.69) is 26.6 Å². The molecule has 2 heterocycles. The number of fused-ring (bicyclic) bond motifs is 1. The van der Waals surface area contributed by atoms with Crippen molar-refractivity contribution in [1.29, 1.82) is 5.26 Å². The van der Waals surface area contributed by atoms with Crippen LogP contribution in [0.15, 0.2) is 54.7 Å². The van der Waals surface area contributed by atoms with Crippen LogP contribution in [0, 0.1) is 17.2 Å². The molecule has 1 aliphatic carbocycles. The summed E-state index contributed by atoms with van der Waals surface area (Å²) in [5, 5.41) is 54.0. The van der Waals surface area contributed by atoms with E-state index in [1.54, 1.807) is 59.4 Å². The molecule has 7 N–H and O–H groups in total. The van der Waals surface area contributed by atoms with E-state index in [1.807, 2.05) is 0 Å². The molecule has 0 amide bonds. The van der Waals surface area contributed by atoms with Gasteiger partial charge in [0.05, 0.1) is 35.0 Å². The number of nitrogens with zero attached hydrogens (tertiary/aromatic N) is 5. The number of ether oxygens (including phenoxy) is 1. The number of hydrogen-bond donors (Lipinski definition) is 6. The van der Waals surface area contributed by atoms with Crippen molar-refractivity contribution in [2.75, 3.05) is 12.0 Å². The normalized spacial score (nSPS) is 23.5. The number of benzene rings is 2. The maximum Gasteiger partial charge on any atom is 0.169 e. The summed E-state index contributed by atoms with van der Waals surface area (Å²) in [4.78, 5) is 9.20. The molecule has 2 aromatic heterocycles. The van der Waals surface area contributed by atoms with E-state index in [9.17, 15) is 20.4 Å². The van der Waals surface area contributed by atoms with Gasteiger partial charge in [-0.15, -0.1) is 0 Å². The maximum atomic E-state index is 10.3. The lowest BCUT2D eigenvalue weighted by molar-refractivity contribution is -0.156. The third kappa shape index (κ3) is 4.57. The first-order chi connectivity index (χ1) is 17.9. The first-order valence-corrected chi connectivity index (χ1v) is 11.6. The van der Waals surface area contributed by atoms with E-state index in [4.69, 9.17) is 15.8 Å². The standard InChI is InChI=1S/C25H25N7O5/c26-10-13-1-5-16(6-2-13)32-25-18(11-28-32)24(31-27)29-23(30-25)14-3-7-17(8-4-14)37-19-9-15(12-33)20(34)22(36)21(19)35/h1-8,11,15,19-22,33-36H,9,12,27H2,(H,29,30,31). The van der Waals surface area contributed by atoms with Crippen LogP contribution in [0.3, 0.4) is 0 Å². The SMILES string of the molecule is N#Cc1ccc(-n2ncc3c(NN)nc(-c4ccc(OC5CC(CO)C(O)C(O)C5O)cc4)nc32)cc1. The Morgan fingerprint density at radius 3 is 2.41 bits per heavy atom. The fourth-order valence-electron chi connectivity index (χ4n) is 4.45. The maximum absolute atomic E-state index is 10.3. The molecule has 2 aromatic carbocycles. The number of aromatic nitrogens is 4. The third-order valence-corrected chi connectivity index (χ3v) is 6.54. The fourth-order valence-corrected chi connectivity index (χ4v) is 4.45. The number of hydrazine groups is 1. The minimum absolute atomic E-state index is 0.183. The average Bonchev–Trinajstić information content (AvgIpc) is 3.37. The Bertz CT molecular complexity index is 1430. The van der Waals surface area contributed by atoms with Crippen molar-refractivity contribution < 1.29 is 25.2 Å². The second-order valence-electron chi connectivity index (χ2n) is 8.82. The average molecular weight is 504 g/mol. The first kappa shape index (κ1) is 24.6. The molecule has 12 heteroatoms. The Hall–Kier alpha value is -4.12. The van der Waals surface area contributed by atoms with Crippen molar-refractivity contribution in [3.8, 4) is 28.9 Å². The van der Waals surface area contributed by atoms with Gasteiger partial charge in [0.15, 0.2) is 17.3 Å². The summed E-state index contributed by atoms with van der Waals surface area (Å²) in [6.45, 7) is -0.333. The molecule has 1 aliphatic rings. The zero-order valence-electron chi connectivity index (χ0n) is 19.5. The minimum atomic E-state index is -1.42. The summed E-state index contributed by atoms with van der Waals surface area (Å²) in [7, 11) is 0. The number of nitrogen functional groups attached to an aromatic ring is 1. The van der Waals surface area contributed by atoms with Crippen LogP contribution in [-0.4, -0.2) is 71.2 Å². The van der Waals surface area contributed by atoms with Gasteiger partial charge in [-0.3, -0.25) is 0 Å². The van der Waals surface area contributed by atoms with E-state index in [0.29, 0.717) is 45.2 Å². The quantitative estimate of drug-likeness (QED) is 0.158. The van der Waals surface area contributed by atoms with Gasteiger partial charge in [-0.25, -0.2) is 20.5 Å². The molecule has 0 radical (unpaired) electrons. The Morgan fingerprint density at radius 2 is 1.76 bits per heavy atom. The fraction of sp³-hybridized carbons (Fsp3) is 0.280. The lowest BCUT2D eigenvalue weighted by atomic mass is 9.81. The van der Waals surface area contributed by atoms with Crippen LogP contribution < -0.4 is 16.0 Å². The first-order valence-electron chi connectivity index (χ1n) is 11.6. The van der Waals surface area contributed by atoms with Gasteiger partial charge in [0, 0.05) is 18.1 Å². The molecular formula is C25H25N7O5. The van der Waals surface area contributed by atoms with Gasteiger partial charge < -0.3 is 30.6 Å². The van der Waals surface area contributed by atoms with Crippen molar-refractivity contribution in [1.82, 2.24) is 19.7 Å². The largest absolute Gasteiger partial charge is 0.488 e. The van der Waals surface area contributed by atoms with E-state index in [0.717, 1.165) is 0 Å². The number of nitrogens with two attached hydrogens (primary N) is 1. The molecule has 190 valence electrons. The lowest BCUT2D eigenvalue weighted by Crippen LogP contribution is -2.56. The highest BCUT2D eigenvalue weighted by molar-refractivity contribution is 5.89. The highest BCUT2D eigenvalue weighted by atomic mass is 16.5. The van der Waals surface area contributed by atoms with Crippen LogP contribution in [0.2, 0.25) is 0 Å². The Labute approximate surface area is 211 Å². The molecule has 0 bridgehead atoms. The number of aliphatic hydroxyl groups excluding tert-OH is 4. The van der Waals surface area contributed by atoms with Gasteiger partial charge in [0.2, 0.25) is 0 Å². The van der Waals surface area contributed by atoms with Crippen molar-refractivity contribution in [2.45, 2.75) is 30.8 Å². The smallest absolute Gasteiger partial charge is 0.169 e. The van der Waals surface area contributed by atoms with Crippen LogP contribution in [-0.2, 0) is 0 Å². The topological polar surface area (TPSA) is 196 Å². The van der Waals surface area contributed by atoms with Gasteiger partial charge in [0.1, 0.15) is 24.1 Å². The zero-order chi connectivity index (χ0) is 26.1. The van der Waals surface area contributed by atoms with Crippen LogP contribution in [0.25, 0.3) is 28.1 Å². The van der Waals surface area contributed by atoms with E-state index >= 15 is 0 Å². The van der Waals surface area contributed by atoms with Crippen molar-refractivity contribution in [3.63, 3.8) is 0 Å². The molecule has 12 nitrogen and oxygen atoms in total. The van der Waals surface area contributed by atoms with E-state index < -0.39 is 30.3 Å². The Balaban J connectivity index is 1.43. The molecule has 5 rings (SSSR count). The Morgan fingerprint density at radius 1 is 1.03 bits per heavy atom. The number of aliphatic hydroxyl groups is 4. The number of rotatable bonds is 6. The number of anilines is 1. The van der Waals surface area contributed by atoms with E-state index in [1.165, 1.54) is 0 Å². The van der Waals surface area contributed by atoms with Crippen LogP contribution in [0.1, 0.15) is 12.0 Å². The van der Waals surface area contributed by atoms with Gasteiger partial charge in [-0.1, -0.05) is 0 Å². The molecule has 0 spiro atoms. The molecule has 37 heavy (non-hydrogen) atoms. The highest BCUT2D eigenvalue weighted by Crippen LogP contribution is 2.31. The van der Waals surface area contributed by atoms with Crippen molar-refractivity contribution >= 4 is 16.9 Å². The predicted octanol–water partition coefficient (Wildman–Crippen LogP) is 0.482. The van der Waals surface area contributed by atoms with Gasteiger partial charge in [-0.2, -0.15) is 10.4 Å². The number of hydrogen-bond acceptors (Lipinski definition) is 11. The third-order valence-electron chi connectivity index (χ3n) is 6.54. The summed E-state index contributed by atoms with van der Waals surface area (Å²) in [5.41, 5.74) is 5.00. The van der Waals surface area contributed by atoms with Crippen LogP contribution in [0.4, 0.5) is 5.82 Å². The molecule has 1 saturated carbocycles. The van der Waals surface area contributed by atoms with Crippen LogP contribution >= 0.6 is 0 Å². The molecule has 0 saturated heterocycles. The summed E-state index contributed by atoms with van der Waals surface area (Å²) in [5.74, 6) is 6.30. The molecule has 0 aliphatic heterocycles. The lowest BCUT2D eigenvalue weighted by Gasteiger charge is -2.39. The molecular weight excluding hydrogens is 478 g/mol. The number of nitriles is 1. The second kappa shape index (κ2) is 10.1. The molecule has 5 atom stereocenters. The van der Waals surface area contributed by atoms with Gasteiger partial charge in [0.25, 0.3) is 0 Å². The Kier molecular flexibility index (Phi) is 6.70. The molecule has 1 fully saturated rings. The van der Waals surface area contributed by atoms with Crippen molar-refractivity contribution in [2.24, 2.45) is 11.8 Å². The highest BCUT2D eigenvalue weighted by Gasteiger charge is 2.43. The van der Waals surface area contributed by atoms with Gasteiger partial charge in [-0.05, 0) is 55.0 Å². The summed E-state index contributed by atoms with van der Waals surface area (Å²) in [6, 6.07) is 15.8. The number of nitrogens with one attached hydrogen (secondary N) is 1. The minimum Gasteiger partial charge on any atom is -0.488 e. The summed E-state index contributed by atoms with van der Waals surface area (Å²) in [6.07, 6.45) is -2.96. The van der Waals surface area contributed by atoms with Crippen molar-refractivity contribution in [3.05, 3.63) is 60.3 Å². The van der Waals surface area contributed by atoms with Gasteiger partial charge >= 0.3 is 0 Å². The summed E-state index contributed by atoms with van der Waals surface area (Å²) >= 11 is 0. The molecule has 5 unspecified atom stereocenters.